The lowest BCUT2D eigenvalue weighted by Crippen LogP contribution is -2.30. The minimum absolute atomic E-state index is 0.320. The van der Waals surface area contributed by atoms with Crippen LogP contribution in [0.15, 0.2) is 35.5 Å². The first kappa shape index (κ1) is 15.1. The maximum absolute atomic E-state index is 13.9. The molecule has 0 unspecified atom stereocenters. The average Bonchev–Trinajstić information content (AvgIpc) is 3.03. The maximum atomic E-state index is 13.9. The molecule has 1 aliphatic rings. The van der Waals surface area contributed by atoms with Crippen LogP contribution in [-0.4, -0.2) is 22.9 Å². The van der Waals surface area contributed by atoms with Gasteiger partial charge in [-0.2, -0.15) is 10.4 Å². The summed E-state index contributed by atoms with van der Waals surface area (Å²) in [5.74, 6) is 0.216. The SMILES string of the molecule is N#Cc1ccc(CSc2ccnn2C2CCNCC2)c(F)c1. The third-order valence-corrected chi connectivity index (χ3v) is 4.92. The summed E-state index contributed by atoms with van der Waals surface area (Å²) >= 11 is 1.59. The Kier molecular flexibility index (Phi) is 4.76. The van der Waals surface area contributed by atoms with E-state index in [9.17, 15) is 4.39 Å². The minimum atomic E-state index is -0.320. The number of aromatic nitrogens is 2. The Morgan fingerprint density at radius 2 is 2.18 bits per heavy atom. The molecule has 1 fully saturated rings. The predicted octanol–water partition coefficient (Wildman–Crippen LogP) is 3.11. The number of thioether (sulfide) groups is 1. The molecule has 0 aliphatic carbocycles. The van der Waals surface area contributed by atoms with E-state index < -0.39 is 0 Å². The van der Waals surface area contributed by atoms with E-state index in [-0.39, 0.29) is 5.82 Å². The summed E-state index contributed by atoms with van der Waals surface area (Å²) in [4.78, 5) is 0. The fourth-order valence-electron chi connectivity index (χ4n) is 2.63. The van der Waals surface area contributed by atoms with E-state index in [2.05, 4.69) is 15.1 Å². The third-order valence-electron chi connectivity index (χ3n) is 3.85. The number of benzene rings is 1. The maximum Gasteiger partial charge on any atom is 0.128 e. The van der Waals surface area contributed by atoms with Gasteiger partial charge in [-0.1, -0.05) is 6.07 Å². The molecule has 0 amide bonds. The second-order valence-electron chi connectivity index (χ2n) is 5.30. The van der Waals surface area contributed by atoms with Gasteiger partial charge >= 0.3 is 0 Å². The van der Waals surface area contributed by atoms with E-state index in [4.69, 9.17) is 5.26 Å². The van der Waals surface area contributed by atoms with Gasteiger partial charge in [-0.15, -0.1) is 11.8 Å². The third kappa shape index (κ3) is 3.32. The van der Waals surface area contributed by atoms with E-state index in [1.54, 1.807) is 30.1 Å². The van der Waals surface area contributed by atoms with Crippen LogP contribution in [0.25, 0.3) is 0 Å². The quantitative estimate of drug-likeness (QED) is 0.881. The van der Waals surface area contributed by atoms with Gasteiger partial charge in [0.25, 0.3) is 0 Å². The highest BCUT2D eigenvalue weighted by atomic mass is 32.2. The largest absolute Gasteiger partial charge is 0.317 e. The molecular weight excluding hydrogens is 299 g/mol. The van der Waals surface area contributed by atoms with Crippen LogP contribution in [-0.2, 0) is 5.75 Å². The zero-order valence-electron chi connectivity index (χ0n) is 12.1. The number of nitriles is 1. The molecule has 0 spiro atoms. The Bertz CT molecular complexity index is 686. The fourth-order valence-corrected chi connectivity index (χ4v) is 3.65. The summed E-state index contributed by atoms with van der Waals surface area (Å²) in [5.41, 5.74) is 0.966. The van der Waals surface area contributed by atoms with E-state index in [1.165, 1.54) is 6.07 Å². The molecule has 2 heterocycles. The number of hydrogen-bond acceptors (Lipinski definition) is 4. The van der Waals surface area contributed by atoms with Gasteiger partial charge in [0.1, 0.15) is 5.82 Å². The Labute approximate surface area is 133 Å². The van der Waals surface area contributed by atoms with Crippen molar-refractivity contribution in [1.82, 2.24) is 15.1 Å². The predicted molar refractivity (Wildman–Crippen MR) is 84.0 cm³/mol. The molecule has 0 atom stereocenters. The van der Waals surface area contributed by atoms with Crippen LogP contribution in [0.3, 0.4) is 0 Å². The molecule has 1 aliphatic heterocycles. The highest BCUT2D eigenvalue weighted by Crippen LogP contribution is 2.29. The van der Waals surface area contributed by atoms with Gasteiger partial charge in [-0.25, -0.2) is 4.39 Å². The lowest BCUT2D eigenvalue weighted by molar-refractivity contribution is 0.326. The second-order valence-corrected chi connectivity index (χ2v) is 6.30. The summed E-state index contributed by atoms with van der Waals surface area (Å²) in [6.07, 6.45) is 3.94. The number of nitrogens with zero attached hydrogens (tertiary/aromatic N) is 3. The van der Waals surface area contributed by atoms with Crippen molar-refractivity contribution in [3.63, 3.8) is 0 Å². The average molecular weight is 316 g/mol. The molecular formula is C16H17FN4S. The monoisotopic (exact) mass is 316 g/mol. The van der Waals surface area contributed by atoms with Crippen LogP contribution in [0.2, 0.25) is 0 Å². The zero-order chi connectivity index (χ0) is 15.4. The number of rotatable bonds is 4. The normalized spacial score (nSPS) is 15.6. The zero-order valence-corrected chi connectivity index (χ0v) is 12.9. The minimum Gasteiger partial charge on any atom is -0.317 e. The van der Waals surface area contributed by atoms with Gasteiger partial charge in [0, 0.05) is 5.75 Å². The molecule has 0 saturated carbocycles. The van der Waals surface area contributed by atoms with Crippen molar-refractivity contribution in [2.24, 2.45) is 0 Å². The van der Waals surface area contributed by atoms with Crippen molar-refractivity contribution < 1.29 is 4.39 Å². The van der Waals surface area contributed by atoms with Crippen molar-refractivity contribution in [2.45, 2.75) is 29.7 Å². The van der Waals surface area contributed by atoms with Gasteiger partial charge < -0.3 is 5.32 Å². The second kappa shape index (κ2) is 6.95. The van der Waals surface area contributed by atoms with Crippen LogP contribution in [0, 0.1) is 17.1 Å². The van der Waals surface area contributed by atoms with Crippen molar-refractivity contribution in [2.75, 3.05) is 13.1 Å². The summed E-state index contributed by atoms with van der Waals surface area (Å²) in [6, 6.07) is 8.99. The standard InChI is InChI=1S/C16H17FN4S/c17-15-9-12(10-18)1-2-13(15)11-22-16-5-8-20-21(16)14-3-6-19-7-4-14/h1-2,5,8-9,14,19H,3-4,6-7,11H2. The Morgan fingerprint density at radius 1 is 1.36 bits per heavy atom. The van der Waals surface area contributed by atoms with E-state index >= 15 is 0 Å². The lowest BCUT2D eigenvalue weighted by atomic mass is 10.1. The van der Waals surface area contributed by atoms with Gasteiger partial charge in [0.2, 0.25) is 0 Å². The van der Waals surface area contributed by atoms with Crippen LogP contribution in [0.1, 0.15) is 30.0 Å². The topological polar surface area (TPSA) is 53.6 Å². The molecule has 1 saturated heterocycles. The molecule has 0 bridgehead atoms. The van der Waals surface area contributed by atoms with Crippen molar-refractivity contribution in [3.05, 3.63) is 47.4 Å². The first-order valence-corrected chi connectivity index (χ1v) is 8.32. The van der Waals surface area contributed by atoms with Crippen molar-refractivity contribution in [3.8, 4) is 6.07 Å². The molecule has 22 heavy (non-hydrogen) atoms. The van der Waals surface area contributed by atoms with Crippen LogP contribution >= 0.6 is 11.8 Å². The van der Waals surface area contributed by atoms with Crippen LogP contribution in [0.5, 0.6) is 0 Å². The molecule has 3 rings (SSSR count). The molecule has 1 aromatic carbocycles. The number of nitrogens with one attached hydrogen (secondary N) is 1. The summed E-state index contributed by atoms with van der Waals surface area (Å²) in [5, 5.41) is 17.6. The fraction of sp³-hybridized carbons (Fsp3) is 0.375. The number of halogens is 1. The summed E-state index contributed by atoms with van der Waals surface area (Å²) in [6.45, 7) is 2.03. The number of hydrogen-bond donors (Lipinski definition) is 1. The van der Waals surface area contributed by atoms with Crippen LogP contribution in [0.4, 0.5) is 4.39 Å². The smallest absolute Gasteiger partial charge is 0.128 e. The Morgan fingerprint density at radius 3 is 2.91 bits per heavy atom. The van der Waals surface area contributed by atoms with Gasteiger partial charge in [-0.05, 0) is 49.7 Å². The van der Waals surface area contributed by atoms with Gasteiger partial charge in [0.15, 0.2) is 0 Å². The highest BCUT2D eigenvalue weighted by molar-refractivity contribution is 7.98. The van der Waals surface area contributed by atoms with Gasteiger partial charge in [0.05, 0.1) is 28.9 Å². The molecule has 1 aromatic heterocycles. The molecule has 0 radical (unpaired) electrons. The first-order chi connectivity index (χ1) is 10.8. The summed E-state index contributed by atoms with van der Waals surface area (Å²) < 4.78 is 16.0. The number of piperidine rings is 1. The van der Waals surface area contributed by atoms with Crippen molar-refractivity contribution >= 4 is 11.8 Å². The summed E-state index contributed by atoms with van der Waals surface area (Å²) in [7, 11) is 0. The molecule has 1 N–H and O–H groups in total. The molecule has 6 heteroatoms. The lowest BCUT2D eigenvalue weighted by Gasteiger charge is -2.24. The van der Waals surface area contributed by atoms with Gasteiger partial charge in [-0.3, -0.25) is 4.68 Å². The van der Waals surface area contributed by atoms with E-state index in [0.717, 1.165) is 31.0 Å². The van der Waals surface area contributed by atoms with Crippen LogP contribution < -0.4 is 5.32 Å². The van der Waals surface area contributed by atoms with E-state index in [1.807, 2.05) is 12.1 Å². The first-order valence-electron chi connectivity index (χ1n) is 7.33. The molecule has 4 nitrogen and oxygen atoms in total. The Balaban J connectivity index is 1.69. The van der Waals surface area contributed by atoms with E-state index in [0.29, 0.717) is 22.9 Å². The highest BCUT2D eigenvalue weighted by Gasteiger charge is 2.18. The molecule has 2 aromatic rings. The van der Waals surface area contributed by atoms with Crippen molar-refractivity contribution in [1.29, 1.82) is 5.26 Å². The Hall–Kier alpha value is -1.84. The molecule has 114 valence electrons.